The number of benzodiazepines with no additional fused rings is 1. The minimum absolute atomic E-state index is 0.300. The van der Waals surface area contributed by atoms with E-state index in [1.165, 1.54) is 4.90 Å². The molecule has 0 radical (unpaired) electrons. The number of carbonyl (C=O) groups is 3. The number of hydrogen-bond donors (Lipinski definition) is 2. The summed E-state index contributed by atoms with van der Waals surface area (Å²) in [5, 5.41) is 4.53. The molecule has 0 aliphatic carbocycles. The Bertz CT molecular complexity index is 1740. The SMILES string of the molecule is Cc1ccccc1C(=O)CN1C(=O)[C@H](NC(=O)Nc2cc(F)cc(C(F)(F)F)c2)N=C(c2ccccc2)c2ccccc21. The first-order valence-corrected chi connectivity index (χ1v) is 13.1. The molecule has 0 unspecified atom stereocenters. The van der Waals surface area contributed by atoms with Gasteiger partial charge in [0.05, 0.1) is 23.5 Å². The smallest absolute Gasteiger partial charge is 0.308 e. The van der Waals surface area contributed by atoms with Gasteiger partial charge in [0, 0.05) is 22.4 Å². The molecule has 5 rings (SSSR count). The number of Topliss-reactive ketones (excluding diaryl/α,β-unsaturated/α-hetero) is 1. The molecule has 43 heavy (non-hydrogen) atoms. The standard InChI is InChI=1S/C32H24F4N4O3/c1-19-9-5-6-12-24(19)27(41)18-40-26-14-8-7-13-25(26)28(20-10-3-2-4-11-20)38-29(30(40)42)39-31(43)37-23-16-21(32(34,35)36)15-22(33)17-23/h2-17,29H,18H2,1H3,(H2,37,39,43)/t29-/m0/s1. The van der Waals surface area contributed by atoms with Crippen LogP contribution in [-0.4, -0.2) is 36.1 Å². The Morgan fingerprint density at radius 2 is 1.58 bits per heavy atom. The second-order valence-electron chi connectivity index (χ2n) is 9.75. The largest absolute Gasteiger partial charge is 0.416 e. The molecule has 0 saturated heterocycles. The third kappa shape index (κ3) is 6.45. The molecule has 4 aromatic carbocycles. The van der Waals surface area contributed by atoms with Crippen molar-refractivity contribution in [2.45, 2.75) is 19.3 Å². The molecule has 1 aliphatic heterocycles. The molecule has 0 spiro atoms. The van der Waals surface area contributed by atoms with Crippen molar-refractivity contribution in [2.75, 3.05) is 16.8 Å². The number of alkyl halides is 3. The summed E-state index contributed by atoms with van der Waals surface area (Å²) in [5.74, 6) is -2.32. The van der Waals surface area contributed by atoms with Gasteiger partial charge in [-0.3, -0.25) is 9.59 Å². The molecule has 0 aromatic heterocycles. The topological polar surface area (TPSA) is 90.9 Å². The highest BCUT2D eigenvalue weighted by Crippen LogP contribution is 2.32. The Morgan fingerprint density at radius 3 is 2.30 bits per heavy atom. The molecule has 1 atom stereocenters. The summed E-state index contributed by atoms with van der Waals surface area (Å²) in [7, 11) is 0. The van der Waals surface area contributed by atoms with Crippen LogP contribution in [0, 0.1) is 12.7 Å². The van der Waals surface area contributed by atoms with E-state index in [1.54, 1.807) is 85.8 Å². The van der Waals surface area contributed by atoms with E-state index < -0.39 is 41.3 Å². The number of urea groups is 1. The summed E-state index contributed by atoms with van der Waals surface area (Å²) in [6.45, 7) is 1.39. The fourth-order valence-electron chi connectivity index (χ4n) is 4.74. The van der Waals surface area contributed by atoms with Crippen LogP contribution in [0.25, 0.3) is 0 Å². The molecular formula is C32H24F4N4O3. The quantitative estimate of drug-likeness (QED) is 0.203. The van der Waals surface area contributed by atoms with Crippen molar-refractivity contribution in [3.63, 3.8) is 0 Å². The number of aliphatic imine (C=N–C) groups is 1. The average molecular weight is 589 g/mol. The molecule has 3 amide bonds. The van der Waals surface area contributed by atoms with Crippen molar-refractivity contribution in [3.8, 4) is 0 Å². The van der Waals surface area contributed by atoms with Gasteiger partial charge in [-0.1, -0.05) is 72.8 Å². The van der Waals surface area contributed by atoms with E-state index in [9.17, 15) is 31.9 Å². The second-order valence-corrected chi connectivity index (χ2v) is 9.75. The van der Waals surface area contributed by atoms with Crippen LogP contribution in [0.15, 0.2) is 102 Å². The summed E-state index contributed by atoms with van der Waals surface area (Å²) < 4.78 is 53.5. The number of nitrogens with one attached hydrogen (secondary N) is 2. The fourth-order valence-corrected chi connectivity index (χ4v) is 4.74. The van der Waals surface area contributed by atoms with Crippen molar-refractivity contribution >= 4 is 34.8 Å². The Kier molecular flexibility index (Phi) is 8.07. The zero-order chi connectivity index (χ0) is 30.7. The van der Waals surface area contributed by atoms with Gasteiger partial charge in [-0.15, -0.1) is 0 Å². The van der Waals surface area contributed by atoms with Crippen LogP contribution in [0.4, 0.5) is 33.7 Å². The molecule has 0 saturated carbocycles. The molecule has 1 aliphatic rings. The van der Waals surface area contributed by atoms with Gasteiger partial charge in [-0.05, 0) is 36.8 Å². The van der Waals surface area contributed by atoms with Crippen molar-refractivity contribution < 1.29 is 31.9 Å². The van der Waals surface area contributed by atoms with Crippen molar-refractivity contribution in [1.29, 1.82) is 0 Å². The van der Waals surface area contributed by atoms with Crippen LogP contribution in [0.2, 0.25) is 0 Å². The lowest BCUT2D eigenvalue weighted by atomic mass is 9.99. The second kappa shape index (κ2) is 11.9. The van der Waals surface area contributed by atoms with Gasteiger partial charge in [0.25, 0.3) is 5.91 Å². The Morgan fingerprint density at radius 1 is 0.907 bits per heavy atom. The highest BCUT2D eigenvalue weighted by molar-refractivity contribution is 6.21. The lowest BCUT2D eigenvalue weighted by Gasteiger charge is -2.25. The van der Waals surface area contributed by atoms with Crippen LogP contribution >= 0.6 is 0 Å². The number of anilines is 2. The molecule has 1 heterocycles. The Hall–Kier alpha value is -5.32. The maximum Gasteiger partial charge on any atom is 0.416 e. The normalized spacial score (nSPS) is 14.8. The predicted octanol–water partition coefficient (Wildman–Crippen LogP) is 6.37. The first kappa shape index (κ1) is 29.2. The molecular weight excluding hydrogens is 564 g/mol. The van der Waals surface area contributed by atoms with Crippen LogP contribution < -0.4 is 15.5 Å². The molecule has 11 heteroatoms. The lowest BCUT2D eigenvalue weighted by molar-refractivity contribution is -0.137. The van der Waals surface area contributed by atoms with E-state index in [-0.39, 0.29) is 12.3 Å². The lowest BCUT2D eigenvalue weighted by Crippen LogP contribution is -2.50. The molecule has 7 nitrogen and oxygen atoms in total. The first-order chi connectivity index (χ1) is 20.5. The van der Waals surface area contributed by atoms with Gasteiger partial charge in [-0.2, -0.15) is 13.2 Å². The van der Waals surface area contributed by atoms with Crippen LogP contribution in [-0.2, 0) is 11.0 Å². The van der Waals surface area contributed by atoms with Crippen LogP contribution in [0.1, 0.15) is 32.6 Å². The maximum absolute atomic E-state index is 14.0. The van der Waals surface area contributed by atoms with Crippen molar-refractivity contribution in [1.82, 2.24) is 5.32 Å². The molecule has 4 aromatic rings. The van der Waals surface area contributed by atoms with Crippen molar-refractivity contribution in [2.24, 2.45) is 4.99 Å². The van der Waals surface area contributed by atoms with Gasteiger partial charge in [0.15, 0.2) is 5.78 Å². The summed E-state index contributed by atoms with van der Waals surface area (Å²) in [6, 6.07) is 23.1. The average Bonchev–Trinajstić information content (AvgIpc) is 3.08. The van der Waals surface area contributed by atoms with E-state index >= 15 is 0 Å². The van der Waals surface area contributed by atoms with Gasteiger partial charge >= 0.3 is 12.2 Å². The number of ketones is 1. The number of nitrogens with zero attached hydrogens (tertiary/aromatic N) is 2. The molecule has 0 bridgehead atoms. The van der Waals surface area contributed by atoms with Gasteiger partial charge in [0.1, 0.15) is 5.82 Å². The first-order valence-electron chi connectivity index (χ1n) is 13.1. The summed E-state index contributed by atoms with van der Waals surface area (Å²) in [4.78, 5) is 46.2. The van der Waals surface area contributed by atoms with E-state index in [0.717, 1.165) is 0 Å². The van der Waals surface area contributed by atoms with Crippen LogP contribution in [0.3, 0.4) is 0 Å². The van der Waals surface area contributed by atoms with E-state index in [4.69, 9.17) is 0 Å². The van der Waals surface area contributed by atoms with E-state index in [2.05, 4.69) is 15.6 Å². The predicted molar refractivity (Wildman–Crippen MR) is 154 cm³/mol. The summed E-state index contributed by atoms with van der Waals surface area (Å²) in [6.07, 6.45) is -6.44. The third-order valence-corrected chi connectivity index (χ3v) is 6.75. The number of fused-ring (bicyclic) bond motifs is 1. The number of aryl methyl sites for hydroxylation is 1. The van der Waals surface area contributed by atoms with Gasteiger partial charge in [-0.25, -0.2) is 14.2 Å². The number of amides is 3. The van der Waals surface area contributed by atoms with E-state index in [1.807, 2.05) is 0 Å². The monoisotopic (exact) mass is 588 g/mol. The highest BCUT2D eigenvalue weighted by atomic mass is 19.4. The zero-order valence-electron chi connectivity index (χ0n) is 22.7. The fraction of sp³-hybridized carbons (Fsp3) is 0.125. The number of benzene rings is 4. The van der Waals surface area contributed by atoms with Gasteiger partial charge in [0.2, 0.25) is 6.17 Å². The Balaban J connectivity index is 1.53. The minimum Gasteiger partial charge on any atom is -0.308 e. The number of hydrogen-bond acceptors (Lipinski definition) is 4. The number of halogens is 4. The van der Waals surface area contributed by atoms with E-state index in [0.29, 0.717) is 51.9 Å². The van der Waals surface area contributed by atoms with Crippen molar-refractivity contribution in [3.05, 3.63) is 131 Å². The molecule has 218 valence electrons. The summed E-state index contributed by atoms with van der Waals surface area (Å²) in [5.41, 5.74) is 1.20. The Labute approximate surface area is 243 Å². The molecule has 0 fully saturated rings. The zero-order valence-corrected chi connectivity index (χ0v) is 22.7. The molecule has 2 N–H and O–H groups in total. The number of para-hydroxylation sites is 1. The maximum atomic E-state index is 14.0. The minimum atomic E-state index is -4.85. The third-order valence-electron chi connectivity index (χ3n) is 6.75. The highest BCUT2D eigenvalue weighted by Gasteiger charge is 2.35. The number of carbonyl (C=O) groups excluding carboxylic acids is 3. The van der Waals surface area contributed by atoms with Crippen LogP contribution in [0.5, 0.6) is 0 Å². The number of rotatable bonds is 6. The van der Waals surface area contributed by atoms with Gasteiger partial charge < -0.3 is 15.5 Å². The summed E-state index contributed by atoms with van der Waals surface area (Å²) >= 11 is 0.